The Morgan fingerprint density at radius 1 is 1.19 bits per heavy atom. The van der Waals surface area contributed by atoms with Crippen LogP contribution in [0.3, 0.4) is 0 Å². The number of hydrogen-bond donors (Lipinski definition) is 2. The summed E-state index contributed by atoms with van der Waals surface area (Å²) in [5.41, 5.74) is 6.81. The molecule has 0 aliphatic carbocycles. The molecule has 1 unspecified atom stereocenters. The van der Waals surface area contributed by atoms with Gasteiger partial charge in [0.2, 0.25) is 11.8 Å². The van der Waals surface area contributed by atoms with Crippen molar-refractivity contribution in [1.29, 1.82) is 0 Å². The van der Waals surface area contributed by atoms with Gasteiger partial charge in [-0.25, -0.2) is 11.3 Å². The number of ether oxygens (including phenoxy) is 1. The van der Waals surface area contributed by atoms with Crippen LogP contribution in [0, 0.1) is 20.0 Å². The molecule has 0 radical (unpaired) electrons. The Morgan fingerprint density at radius 2 is 1.78 bits per heavy atom. The van der Waals surface area contributed by atoms with Gasteiger partial charge in [0.25, 0.3) is 0 Å². The number of amides is 4. The number of carbonyl (C=O) groups is 4. The van der Waals surface area contributed by atoms with Crippen LogP contribution >= 0.6 is 0 Å². The van der Waals surface area contributed by atoms with Crippen molar-refractivity contribution in [2.45, 2.75) is 70.9 Å². The third-order valence-corrected chi connectivity index (χ3v) is 5.68. The van der Waals surface area contributed by atoms with Gasteiger partial charge in [-0.05, 0) is 50.7 Å². The van der Waals surface area contributed by atoms with E-state index in [-0.39, 0.29) is 39.8 Å². The molecular formula is C26H37N4O5W-3. The summed E-state index contributed by atoms with van der Waals surface area (Å²) >= 11 is 0. The minimum atomic E-state index is -0.955. The fourth-order valence-corrected chi connectivity index (χ4v) is 3.88. The van der Waals surface area contributed by atoms with Crippen molar-refractivity contribution in [2.24, 2.45) is 5.73 Å². The standard InChI is InChI=1S/C26H37N4O5.W/c1-6-13-30(25(34)35-26(3,4)5)17-23(32)28-22(24(27)33)16-19-7-9-20(10-8-19)21-11-14-29(15-12-21)18(2)31;/h7-10,13,17,21-22H,1,6,11-12,14-16H2,2-5H3,(H2,27,33)(H,28,32);/q-3;. The molecule has 200 valence electrons. The van der Waals surface area contributed by atoms with Gasteiger partial charge in [-0.2, -0.15) is 0 Å². The molecule has 0 aromatic heterocycles. The minimum absolute atomic E-state index is 0. The summed E-state index contributed by atoms with van der Waals surface area (Å²) in [7, 11) is 0. The minimum Gasteiger partial charge on any atom is -0.582 e. The Labute approximate surface area is 228 Å². The van der Waals surface area contributed by atoms with Crippen LogP contribution in [0.15, 0.2) is 24.3 Å². The first-order chi connectivity index (χ1) is 16.4. The van der Waals surface area contributed by atoms with Gasteiger partial charge in [0.15, 0.2) is 0 Å². The van der Waals surface area contributed by atoms with Crippen LogP contribution in [0.1, 0.15) is 64.0 Å². The number of nitrogens with one attached hydrogen (secondary N) is 1. The summed E-state index contributed by atoms with van der Waals surface area (Å²) < 4.78 is 5.29. The van der Waals surface area contributed by atoms with E-state index in [0.29, 0.717) is 5.92 Å². The second-order valence-corrected chi connectivity index (χ2v) is 9.68. The number of nitrogens with two attached hydrogens (primary N) is 1. The van der Waals surface area contributed by atoms with Crippen LogP contribution in [0.5, 0.6) is 0 Å². The summed E-state index contributed by atoms with van der Waals surface area (Å²) in [6.07, 6.45) is 1.56. The molecule has 1 heterocycles. The van der Waals surface area contributed by atoms with Crippen LogP contribution in [-0.2, 0) is 46.6 Å². The Morgan fingerprint density at radius 3 is 2.25 bits per heavy atom. The zero-order valence-electron chi connectivity index (χ0n) is 21.5. The van der Waals surface area contributed by atoms with Gasteiger partial charge >= 0.3 is 6.09 Å². The third-order valence-electron chi connectivity index (χ3n) is 5.68. The summed E-state index contributed by atoms with van der Waals surface area (Å²) in [5.74, 6) is -0.853. The largest absolute Gasteiger partial charge is 0.582 e. The van der Waals surface area contributed by atoms with Crippen molar-refractivity contribution >= 4 is 23.8 Å². The quantitative estimate of drug-likeness (QED) is 0.392. The molecule has 1 aliphatic rings. The molecule has 10 heteroatoms. The van der Waals surface area contributed by atoms with Gasteiger partial charge in [-0.3, -0.25) is 22.6 Å². The van der Waals surface area contributed by atoms with Crippen LogP contribution in [-0.4, -0.2) is 58.3 Å². The molecule has 0 saturated carbocycles. The molecule has 0 spiro atoms. The molecule has 1 atom stereocenters. The summed E-state index contributed by atoms with van der Waals surface area (Å²) in [6.45, 7) is 14.3. The first kappa shape index (κ1) is 31.5. The molecule has 3 N–H and O–H groups in total. The molecule has 9 nitrogen and oxygen atoms in total. The summed E-state index contributed by atoms with van der Waals surface area (Å²) in [5, 5.41) is 2.57. The number of hydrogen-bond acceptors (Lipinski definition) is 5. The van der Waals surface area contributed by atoms with Gasteiger partial charge < -0.3 is 37.3 Å². The van der Waals surface area contributed by atoms with Crippen molar-refractivity contribution in [2.75, 3.05) is 13.1 Å². The first-order valence-corrected chi connectivity index (χ1v) is 11.8. The molecule has 4 amide bonds. The molecule has 1 saturated heterocycles. The zero-order valence-corrected chi connectivity index (χ0v) is 24.4. The SMILES string of the molecule is [CH2-]C[CH-]N([CH-]C(=O)NC(Cc1ccc(C2CCN(C(C)=O)CC2)cc1)C(N)=O)C(=O)OC(C)(C)C.[W]. The number of rotatable bonds is 9. The van der Waals surface area contributed by atoms with E-state index >= 15 is 0 Å². The third kappa shape index (κ3) is 10.2. The Hall–Kier alpha value is -2.54. The fourth-order valence-electron chi connectivity index (χ4n) is 3.88. The van der Waals surface area contributed by atoms with Crippen molar-refractivity contribution in [3.8, 4) is 0 Å². The van der Waals surface area contributed by atoms with Crippen LogP contribution in [0.4, 0.5) is 4.79 Å². The average Bonchev–Trinajstić information content (AvgIpc) is 2.77. The van der Waals surface area contributed by atoms with Crippen LogP contribution in [0.25, 0.3) is 0 Å². The second-order valence-electron chi connectivity index (χ2n) is 9.68. The number of carbonyl (C=O) groups excluding carboxylic acids is 4. The van der Waals surface area contributed by atoms with Gasteiger partial charge in [0.05, 0.1) is 5.91 Å². The predicted octanol–water partition coefficient (Wildman–Crippen LogP) is 2.71. The zero-order chi connectivity index (χ0) is 26.2. The fraction of sp³-hybridized carbons (Fsp3) is 0.500. The molecule has 1 aliphatic heterocycles. The molecule has 1 aromatic rings. The van der Waals surface area contributed by atoms with Crippen molar-refractivity contribution < 1.29 is 45.0 Å². The number of nitrogens with zero attached hydrogens (tertiary/aromatic N) is 2. The molecule has 0 bridgehead atoms. The van der Waals surface area contributed by atoms with Gasteiger partial charge in [0, 0.05) is 47.5 Å². The topological polar surface area (TPSA) is 122 Å². The van der Waals surface area contributed by atoms with Crippen LogP contribution < -0.4 is 11.1 Å². The average molecular weight is 669 g/mol. The summed E-state index contributed by atoms with van der Waals surface area (Å²) in [4.78, 5) is 51.3. The van der Waals surface area contributed by atoms with E-state index in [1.165, 1.54) is 12.1 Å². The van der Waals surface area contributed by atoms with E-state index in [1.807, 2.05) is 29.2 Å². The second kappa shape index (κ2) is 14.3. The van der Waals surface area contributed by atoms with E-state index in [9.17, 15) is 19.2 Å². The Kier molecular flexibility index (Phi) is 12.5. The van der Waals surface area contributed by atoms with Crippen molar-refractivity contribution in [3.05, 3.63) is 55.4 Å². The van der Waals surface area contributed by atoms with E-state index in [2.05, 4.69) is 12.2 Å². The maximum absolute atomic E-state index is 12.5. The molecular weight excluding hydrogens is 632 g/mol. The molecule has 2 rings (SSSR count). The monoisotopic (exact) mass is 669 g/mol. The van der Waals surface area contributed by atoms with Gasteiger partial charge in [-0.15, -0.1) is 0 Å². The smallest absolute Gasteiger partial charge is 0.355 e. The summed E-state index contributed by atoms with van der Waals surface area (Å²) in [6, 6.07) is 6.92. The normalized spacial score (nSPS) is 14.8. The number of benzene rings is 1. The Balaban J connectivity index is 0.00000648. The maximum Gasteiger partial charge on any atom is 0.355 e. The van der Waals surface area contributed by atoms with Crippen LogP contribution in [0.2, 0.25) is 0 Å². The Bertz CT molecular complexity index is 893. The van der Waals surface area contributed by atoms with E-state index in [4.69, 9.17) is 10.5 Å². The van der Waals surface area contributed by atoms with E-state index < -0.39 is 29.6 Å². The molecule has 1 fully saturated rings. The number of piperidine rings is 1. The van der Waals surface area contributed by atoms with Gasteiger partial charge in [-0.1, -0.05) is 24.3 Å². The van der Waals surface area contributed by atoms with E-state index in [0.717, 1.165) is 42.9 Å². The van der Waals surface area contributed by atoms with Crippen molar-refractivity contribution in [1.82, 2.24) is 15.1 Å². The molecule has 1 aromatic carbocycles. The molecule has 36 heavy (non-hydrogen) atoms. The number of primary amides is 1. The number of likely N-dealkylation sites (tertiary alicyclic amines) is 1. The van der Waals surface area contributed by atoms with Crippen molar-refractivity contribution in [3.63, 3.8) is 0 Å². The van der Waals surface area contributed by atoms with Gasteiger partial charge in [0.1, 0.15) is 11.6 Å². The first-order valence-electron chi connectivity index (χ1n) is 11.8. The predicted molar refractivity (Wildman–Crippen MR) is 132 cm³/mol. The maximum atomic E-state index is 12.5. The van der Waals surface area contributed by atoms with E-state index in [1.54, 1.807) is 27.7 Å².